The molecule has 136 valence electrons. The number of non-ortho nitro benzene ring substituents is 1. The lowest BCUT2D eigenvalue weighted by atomic mass is 10.1. The Morgan fingerprint density at radius 3 is 2.59 bits per heavy atom. The van der Waals surface area contributed by atoms with Crippen LogP contribution >= 0.6 is 0 Å². The second-order valence-corrected chi connectivity index (χ2v) is 5.84. The van der Waals surface area contributed by atoms with Gasteiger partial charge in [0, 0.05) is 18.3 Å². The number of aryl methyl sites for hydroxylation is 1. The topological polar surface area (TPSA) is 122 Å². The first kappa shape index (κ1) is 17.9. The smallest absolute Gasteiger partial charge is 0.276 e. The Balaban J connectivity index is 1.89. The fraction of sp³-hybridized carbons (Fsp3) is 0.111. The molecular weight excluding hydrogens is 352 g/mol. The molecule has 4 amide bonds. The van der Waals surface area contributed by atoms with Gasteiger partial charge in [-0.05, 0) is 30.7 Å². The minimum Gasteiger partial charge on any atom is -0.276 e. The minimum absolute atomic E-state index is 0.166. The molecular formula is C18H14N4O5. The molecule has 1 saturated heterocycles. The molecule has 0 saturated carbocycles. The highest BCUT2D eigenvalue weighted by Gasteiger charge is 2.40. The summed E-state index contributed by atoms with van der Waals surface area (Å²) in [6.07, 6.45) is 1.08. The minimum atomic E-state index is -1.33. The van der Waals surface area contributed by atoms with E-state index in [-0.39, 0.29) is 11.4 Å². The van der Waals surface area contributed by atoms with Gasteiger partial charge >= 0.3 is 6.03 Å². The van der Waals surface area contributed by atoms with Crippen molar-refractivity contribution in [3.05, 3.63) is 64.2 Å². The molecule has 9 heteroatoms. The predicted octanol–water partition coefficient (Wildman–Crippen LogP) is 2.50. The van der Waals surface area contributed by atoms with Crippen molar-refractivity contribution in [1.29, 1.82) is 0 Å². The average Bonchev–Trinajstić information content (AvgIpc) is 2.61. The van der Waals surface area contributed by atoms with Gasteiger partial charge in [-0.25, -0.2) is 9.69 Å². The normalized spacial score (nSPS) is 17.3. The van der Waals surface area contributed by atoms with E-state index in [4.69, 9.17) is 0 Å². The molecule has 3 rings (SSSR count). The van der Waals surface area contributed by atoms with E-state index in [9.17, 15) is 24.5 Å². The Morgan fingerprint density at radius 2 is 1.89 bits per heavy atom. The molecule has 0 aliphatic carbocycles. The number of nitrogens with zero attached hydrogens (tertiary/aromatic N) is 3. The van der Waals surface area contributed by atoms with Crippen molar-refractivity contribution in [2.75, 3.05) is 4.90 Å². The van der Waals surface area contributed by atoms with Gasteiger partial charge in [-0.2, -0.15) is 0 Å². The Labute approximate surface area is 153 Å². The van der Waals surface area contributed by atoms with E-state index in [0.29, 0.717) is 5.69 Å². The number of anilines is 1. The first-order chi connectivity index (χ1) is 12.9. The van der Waals surface area contributed by atoms with Crippen LogP contribution in [-0.4, -0.2) is 29.0 Å². The number of aliphatic imine (C=N–C) groups is 1. The summed E-state index contributed by atoms with van der Waals surface area (Å²) in [7, 11) is 0. The molecule has 1 heterocycles. The number of nitrogens with one attached hydrogen (secondary N) is 1. The largest absolute Gasteiger partial charge is 0.335 e. The summed E-state index contributed by atoms with van der Waals surface area (Å²) in [6.45, 7) is 1.81. The second kappa shape index (κ2) is 7.16. The Kier molecular flexibility index (Phi) is 4.75. The number of hydrogen-bond donors (Lipinski definition) is 1. The average molecular weight is 366 g/mol. The van der Waals surface area contributed by atoms with Crippen LogP contribution in [-0.2, 0) is 9.59 Å². The molecule has 1 atom stereocenters. The molecule has 2 aromatic rings. The number of urea groups is 1. The molecule has 1 fully saturated rings. The molecule has 1 aliphatic rings. The number of carbonyl (C=O) groups excluding carboxylic acids is 3. The number of nitro groups is 1. The lowest BCUT2D eigenvalue weighted by Crippen LogP contribution is -2.58. The van der Waals surface area contributed by atoms with E-state index in [1.807, 2.05) is 13.0 Å². The van der Waals surface area contributed by atoms with Gasteiger partial charge in [0.25, 0.3) is 11.6 Å². The van der Waals surface area contributed by atoms with Crippen LogP contribution in [0, 0.1) is 23.0 Å². The van der Waals surface area contributed by atoms with Crippen LogP contribution in [0.15, 0.2) is 53.5 Å². The van der Waals surface area contributed by atoms with Crippen LogP contribution in [0.4, 0.5) is 21.9 Å². The van der Waals surface area contributed by atoms with E-state index in [1.54, 1.807) is 18.2 Å². The maximum atomic E-state index is 12.7. The van der Waals surface area contributed by atoms with Crippen molar-refractivity contribution in [3.8, 4) is 0 Å². The van der Waals surface area contributed by atoms with Crippen molar-refractivity contribution in [3.63, 3.8) is 0 Å². The number of barbiturate groups is 1. The summed E-state index contributed by atoms with van der Waals surface area (Å²) in [5.74, 6) is -2.88. The molecule has 2 aromatic carbocycles. The summed E-state index contributed by atoms with van der Waals surface area (Å²) in [6, 6.07) is 11.3. The highest BCUT2D eigenvalue weighted by molar-refractivity contribution is 6.32. The summed E-state index contributed by atoms with van der Waals surface area (Å²) >= 11 is 0. The Morgan fingerprint density at radius 1 is 1.15 bits per heavy atom. The number of amides is 4. The summed E-state index contributed by atoms with van der Waals surface area (Å²) < 4.78 is 0. The molecule has 1 N–H and O–H groups in total. The fourth-order valence-electron chi connectivity index (χ4n) is 2.58. The van der Waals surface area contributed by atoms with Crippen molar-refractivity contribution in [2.24, 2.45) is 10.9 Å². The molecule has 27 heavy (non-hydrogen) atoms. The highest BCUT2D eigenvalue weighted by Crippen LogP contribution is 2.23. The van der Waals surface area contributed by atoms with Gasteiger partial charge in [-0.3, -0.25) is 30.0 Å². The lowest BCUT2D eigenvalue weighted by Gasteiger charge is -2.28. The van der Waals surface area contributed by atoms with E-state index in [2.05, 4.69) is 10.3 Å². The van der Waals surface area contributed by atoms with Gasteiger partial charge in [0.05, 0.1) is 16.3 Å². The monoisotopic (exact) mass is 366 g/mol. The summed E-state index contributed by atoms with van der Waals surface area (Å²) in [5.41, 5.74) is 1.22. The fourth-order valence-corrected chi connectivity index (χ4v) is 2.58. The zero-order valence-electron chi connectivity index (χ0n) is 14.2. The van der Waals surface area contributed by atoms with Crippen molar-refractivity contribution < 1.29 is 19.3 Å². The van der Waals surface area contributed by atoms with Crippen LogP contribution in [0.5, 0.6) is 0 Å². The first-order valence-corrected chi connectivity index (χ1v) is 7.91. The van der Waals surface area contributed by atoms with E-state index >= 15 is 0 Å². The van der Waals surface area contributed by atoms with E-state index in [0.717, 1.165) is 16.7 Å². The maximum Gasteiger partial charge on any atom is 0.335 e. The van der Waals surface area contributed by atoms with Gasteiger partial charge in [-0.15, -0.1) is 0 Å². The van der Waals surface area contributed by atoms with E-state index in [1.165, 1.54) is 24.3 Å². The Hall–Kier alpha value is -3.88. The van der Waals surface area contributed by atoms with Crippen molar-refractivity contribution in [1.82, 2.24) is 5.32 Å². The van der Waals surface area contributed by atoms with Gasteiger partial charge in [0.2, 0.25) is 5.91 Å². The van der Waals surface area contributed by atoms with E-state index < -0.39 is 28.7 Å². The number of carbonyl (C=O) groups is 3. The number of imide groups is 2. The SMILES string of the molecule is Cc1cccc(N2C(=O)NC(=O)[C@@H](C=Nc3cccc([N+](=O)[O-])c3)C2=O)c1. The van der Waals surface area contributed by atoms with Gasteiger partial charge in [0.15, 0.2) is 5.92 Å². The molecule has 1 aliphatic heterocycles. The van der Waals surface area contributed by atoms with Gasteiger partial charge in [0.1, 0.15) is 0 Å². The van der Waals surface area contributed by atoms with Crippen LogP contribution < -0.4 is 10.2 Å². The molecule has 0 aromatic heterocycles. The zero-order valence-corrected chi connectivity index (χ0v) is 14.2. The van der Waals surface area contributed by atoms with Gasteiger partial charge < -0.3 is 0 Å². The second-order valence-electron chi connectivity index (χ2n) is 5.84. The lowest BCUT2D eigenvalue weighted by molar-refractivity contribution is -0.384. The zero-order chi connectivity index (χ0) is 19.6. The van der Waals surface area contributed by atoms with Crippen molar-refractivity contribution in [2.45, 2.75) is 6.92 Å². The quantitative estimate of drug-likeness (QED) is 0.385. The van der Waals surface area contributed by atoms with Crippen LogP contribution in [0.3, 0.4) is 0 Å². The number of benzene rings is 2. The number of rotatable bonds is 4. The first-order valence-electron chi connectivity index (χ1n) is 7.91. The third kappa shape index (κ3) is 3.71. The molecule has 0 unspecified atom stereocenters. The molecule has 0 bridgehead atoms. The van der Waals surface area contributed by atoms with Crippen LogP contribution in [0.25, 0.3) is 0 Å². The standard InChI is InChI=1S/C18H14N4O5/c1-11-4-2-6-13(8-11)21-17(24)15(16(23)20-18(21)25)10-19-12-5-3-7-14(9-12)22(26)27/h2-10,15H,1H3,(H,20,23,25)/t15-/m1/s1. The molecule has 0 spiro atoms. The third-order valence-electron chi connectivity index (χ3n) is 3.88. The number of hydrogen-bond acceptors (Lipinski definition) is 6. The van der Waals surface area contributed by atoms with Crippen LogP contribution in [0.2, 0.25) is 0 Å². The third-order valence-corrected chi connectivity index (χ3v) is 3.88. The summed E-state index contributed by atoms with van der Waals surface area (Å²) in [5, 5.41) is 12.9. The number of nitro benzene ring substituents is 1. The maximum absolute atomic E-state index is 12.7. The van der Waals surface area contributed by atoms with Crippen molar-refractivity contribution >= 4 is 41.1 Å². The summed E-state index contributed by atoms with van der Waals surface area (Å²) in [4.78, 5) is 52.0. The van der Waals surface area contributed by atoms with Gasteiger partial charge in [-0.1, -0.05) is 18.2 Å². The predicted molar refractivity (Wildman–Crippen MR) is 96.9 cm³/mol. The molecule has 9 nitrogen and oxygen atoms in total. The highest BCUT2D eigenvalue weighted by atomic mass is 16.6. The van der Waals surface area contributed by atoms with Crippen LogP contribution in [0.1, 0.15) is 5.56 Å². The Bertz CT molecular complexity index is 985. The molecule has 0 radical (unpaired) electrons.